The van der Waals surface area contributed by atoms with Crippen molar-refractivity contribution < 1.29 is 19.4 Å². The van der Waals surface area contributed by atoms with E-state index in [0.29, 0.717) is 13.0 Å². The van der Waals surface area contributed by atoms with E-state index in [1.807, 2.05) is 42.5 Å². The van der Waals surface area contributed by atoms with E-state index in [4.69, 9.17) is 9.47 Å². The molecule has 0 unspecified atom stereocenters. The van der Waals surface area contributed by atoms with E-state index in [2.05, 4.69) is 44.0 Å². The lowest BCUT2D eigenvalue weighted by Crippen LogP contribution is -2.06. The van der Waals surface area contributed by atoms with Gasteiger partial charge in [-0.3, -0.25) is 0 Å². The molecule has 5 nitrogen and oxygen atoms in total. The number of carboxylic acid groups (broad SMARTS) is 1. The van der Waals surface area contributed by atoms with Gasteiger partial charge in [0, 0.05) is 16.5 Å². The van der Waals surface area contributed by atoms with Crippen molar-refractivity contribution in [1.29, 1.82) is 0 Å². The lowest BCUT2D eigenvalue weighted by atomic mass is 9.97. The minimum atomic E-state index is -1.33. The molecule has 4 rings (SSSR count). The van der Waals surface area contributed by atoms with Crippen molar-refractivity contribution >= 4 is 17.1 Å². The average Bonchev–Trinajstić information content (AvgIpc) is 3.10. The minimum Gasteiger partial charge on any atom is -0.494 e. The highest BCUT2D eigenvalue weighted by Gasteiger charge is 2.18. The lowest BCUT2D eigenvalue weighted by Gasteiger charge is -2.09. The molecule has 32 heavy (non-hydrogen) atoms. The molecule has 0 radical (unpaired) electrons. The predicted octanol–water partition coefficient (Wildman–Crippen LogP) is 6.83. The zero-order valence-corrected chi connectivity index (χ0v) is 18.6. The smallest absolute Gasteiger partial charge is 0.494 e. The molecular weight excluding hydrogens is 402 g/mol. The quantitative estimate of drug-likeness (QED) is 0.249. The van der Waals surface area contributed by atoms with Crippen molar-refractivity contribution in [2.75, 3.05) is 6.61 Å². The fraction of sp³-hybridized carbons (Fsp3) is 0.222. The second-order valence-electron chi connectivity index (χ2n) is 8.04. The standard InChI is InChI=1S/C27H27NO4/c1-17-13-14-20(16-19(17)3)31-15-7-12-24-23-11-6-10-22(21-9-5-4-8-18(21)2)25(23)28-26(24)32-27(29)30/h4-6,8-11,13-14,16,28H,7,12,15H2,1-3H3,(H,29,30). The number of para-hydroxylation sites is 1. The van der Waals surface area contributed by atoms with Crippen LogP contribution in [-0.4, -0.2) is 22.9 Å². The number of H-pyrrole nitrogens is 1. The number of aromatic amines is 1. The topological polar surface area (TPSA) is 71.6 Å². The van der Waals surface area contributed by atoms with E-state index in [0.717, 1.165) is 45.3 Å². The van der Waals surface area contributed by atoms with Gasteiger partial charge in [0.1, 0.15) is 5.75 Å². The molecule has 0 atom stereocenters. The number of fused-ring (bicyclic) bond motifs is 1. The Bertz CT molecular complexity index is 1270. The fourth-order valence-electron chi connectivity index (χ4n) is 4.01. The van der Waals surface area contributed by atoms with Crippen molar-refractivity contribution in [2.24, 2.45) is 0 Å². The highest BCUT2D eigenvalue weighted by atomic mass is 16.7. The first kappa shape index (κ1) is 21.5. The number of rotatable bonds is 7. The highest BCUT2D eigenvalue weighted by molar-refractivity contribution is 5.98. The molecule has 0 bridgehead atoms. The van der Waals surface area contributed by atoms with Gasteiger partial charge in [-0.1, -0.05) is 48.5 Å². The van der Waals surface area contributed by atoms with Crippen LogP contribution in [0.4, 0.5) is 4.79 Å². The summed E-state index contributed by atoms with van der Waals surface area (Å²) >= 11 is 0. The summed E-state index contributed by atoms with van der Waals surface area (Å²) in [6, 6.07) is 20.2. The SMILES string of the molecule is Cc1ccc(OCCCc2c(OC(=O)O)[nH]c3c(-c4ccccc4C)cccc23)cc1C. The van der Waals surface area contributed by atoms with E-state index >= 15 is 0 Å². The molecule has 3 aromatic carbocycles. The second-order valence-corrected chi connectivity index (χ2v) is 8.04. The Balaban J connectivity index is 1.61. The summed E-state index contributed by atoms with van der Waals surface area (Å²) in [6.07, 6.45) is 0.0245. The molecule has 0 saturated carbocycles. The van der Waals surface area contributed by atoms with Gasteiger partial charge in [0.25, 0.3) is 0 Å². The average molecular weight is 430 g/mol. The van der Waals surface area contributed by atoms with E-state index in [1.165, 1.54) is 11.1 Å². The Morgan fingerprint density at radius 2 is 1.69 bits per heavy atom. The van der Waals surface area contributed by atoms with Crippen LogP contribution in [0.5, 0.6) is 11.6 Å². The van der Waals surface area contributed by atoms with Gasteiger partial charge in [-0.2, -0.15) is 0 Å². The normalized spacial score (nSPS) is 11.0. The first-order valence-electron chi connectivity index (χ1n) is 10.7. The molecule has 1 heterocycles. The predicted molar refractivity (Wildman–Crippen MR) is 127 cm³/mol. The number of aromatic nitrogens is 1. The largest absolute Gasteiger partial charge is 0.512 e. The summed E-state index contributed by atoms with van der Waals surface area (Å²) in [5.74, 6) is 1.12. The Kier molecular flexibility index (Phi) is 6.17. The van der Waals surface area contributed by atoms with Gasteiger partial charge in [-0.25, -0.2) is 4.79 Å². The summed E-state index contributed by atoms with van der Waals surface area (Å²) in [5.41, 5.74) is 7.43. The number of hydrogen-bond acceptors (Lipinski definition) is 3. The molecule has 0 aliphatic rings. The maximum atomic E-state index is 11.3. The molecular formula is C27H27NO4. The van der Waals surface area contributed by atoms with Crippen LogP contribution in [0.3, 0.4) is 0 Å². The molecule has 5 heteroatoms. The summed E-state index contributed by atoms with van der Waals surface area (Å²) in [4.78, 5) is 14.5. The van der Waals surface area contributed by atoms with Crippen LogP contribution in [0, 0.1) is 20.8 Å². The third-order valence-corrected chi connectivity index (χ3v) is 5.85. The highest BCUT2D eigenvalue weighted by Crippen LogP contribution is 2.36. The van der Waals surface area contributed by atoms with E-state index < -0.39 is 6.16 Å². The van der Waals surface area contributed by atoms with E-state index in [9.17, 15) is 9.90 Å². The Labute approximate surface area is 187 Å². The minimum absolute atomic E-state index is 0.278. The number of hydrogen-bond donors (Lipinski definition) is 2. The molecule has 0 aliphatic carbocycles. The Morgan fingerprint density at radius 1 is 0.906 bits per heavy atom. The third-order valence-electron chi connectivity index (χ3n) is 5.85. The van der Waals surface area contributed by atoms with E-state index in [1.54, 1.807) is 0 Å². The first-order valence-corrected chi connectivity index (χ1v) is 10.7. The van der Waals surface area contributed by atoms with Crippen LogP contribution in [0.2, 0.25) is 0 Å². The number of carbonyl (C=O) groups is 1. The van der Waals surface area contributed by atoms with Gasteiger partial charge >= 0.3 is 6.16 Å². The summed E-state index contributed by atoms with van der Waals surface area (Å²) in [6.45, 7) is 6.73. The van der Waals surface area contributed by atoms with Crippen molar-refractivity contribution in [3.8, 4) is 22.8 Å². The molecule has 0 fully saturated rings. The molecule has 1 aromatic heterocycles. The van der Waals surface area contributed by atoms with Crippen LogP contribution in [0.1, 0.15) is 28.7 Å². The van der Waals surface area contributed by atoms with Gasteiger partial charge in [0.15, 0.2) is 0 Å². The van der Waals surface area contributed by atoms with Gasteiger partial charge in [0.2, 0.25) is 5.88 Å². The van der Waals surface area contributed by atoms with Gasteiger partial charge in [0.05, 0.1) is 12.1 Å². The summed E-state index contributed by atoms with van der Waals surface area (Å²) < 4.78 is 11.0. The van der Waals surface area contributed by atoms with Gasteiger partial charge in [-0.05, 0) is 68.0 Å². The molecule has 0 amide bonds. The lowest BCUT2D eigenvalue weighted by molar-refractivity contribution is 0.142. The Morgan fingerprint density at radius 3 is 2.44 bits per heavy atom. The van der Waals surface area contributed by atoms with Crippen LogP contribution >= 0.6 is 0 Å². The molecule has 2 N–H and O–H groups in total. The summed E-state index contributed by atoms with van der Waals surface area (Å²) in [5, 5.41) is 10.2. The third kappa shape index (κ3) is 4.47. The van der Waals surface area contributed by atoms with Crippen LogP contribution in [0.25, 0.3) is 22.0 Å². The number of ether oxygens (including phenoxy) is 2. The molecule has 0 spiro atoms. The first-order chi connectivity index (χ1) is 15.4. The zero-order valence-electron chi connectivity index (χ0n) is 18.6. The molecule has 164 valence electrons. The number of benzene rings is 3. The van der Waals surface area contributed by atoms with E-state index in [-0.39, 0.29) is 5.88 Å². The molecule has 4 aromatic rings. The van der Waals surface area contributed by atoms with Crippen molar-refractivity contribution in [2.45, 2.75) is 33.6 Å². The maximum Gasteiger partial charge on any atom is 0.512 e. The molecule has 0 saturated heterocycles. The molecule has 0 aliphatic heterocycles. The van der Waals surface area contributed by atoms with Crippen LogP contribution in [-0.2, 0) is 6.42 Å². The van der Waals surface area contributed by atoms with Crippen LogP contribution in [0.15, 0.2) is 60.7 Å². The second kappa shape index (κ2) is 9.18. The van der Waals surface area contributed by atoms with Gasteiger partial charge < -0.3 is 19.6 Å². The van der Waals surface area contributed by atoms with Crippen LogP contribution < -0.4 is 9.47 Å². The van der Waals surface area contributed by atoms with Crippen molar-refractivity contribution in [3.63, 3.8) is 0 Å². The fourth-order valence-corrected chi connectivity index (χ4v) is 4.01. The van der Waals surface area contributed by atoms with Crippen molar-refractivity contribution in [3.05, 3.63) is 82.9 Å². The van der Waals surface area contributed by atoms with Gasteiger partial charge in [-0.15, -0.1) is 0 Å². The summed E-state index contributed by atoms with van der Waals surface area (Å²) in [7, 11) is 0. The monoisotopic (exact) mass is 429 g/mol. The van der Waals surface area contributed by atoms with Crippen molar-refractivity contribution in [1.82, 2.24) is 4.98 Å². The maximum absolute atomic E-state index is 11.3. The number of aryl methyl sites for hydroxylation is 4. The zero-order chi connectivity index (χ0) is 22.7. The Hall–Kier alpha value is -3.73. The number of nitrogens with one attached hydrogen (secondary N) is 1.